The second-order valence-corrected chi connectivity index (χ2v) is 4.70. The molecule has 1 N–H and O–H groups in total. The van der Waals surface area contributed by atoms with Crippen molar-refractivity contribution in [1.82, 2.24) is 0 Å². The minimum Gasteiger partial charge on any atom is -0.411 e. The highest BCUT2D eigenvalue weighted by Crippen LogP contribution is 2.05. The molecule has 0 amide bonds. The predicted molar refractivity (Wildman–Crippen MR) is 43.8 cm³/mol. The molecule has 0 rings (SSSR count). The highest BCUT2D eigenvalue weighted by atomic mass is 32.2. The molecule has 0 unspecified atom stereocenters. The van der Waals surface area contributed by atoms with Crippen LogP contribution in [0, 0.1) is 0 Å². The highest BCUT2D eigenvalue weighted by Gasteiger charge is 2.21. The molecule has 0 bridgehead atoms. The monoisotopic (exact) mass is 179 g/mol. The van der Waals surface area contributed by atoms with Crippen LogP contribution in [0.15, 0.2) is 5.16 Å². The van der Waals surface area contributed by atoms with Crippen LogP contribution in [-0.4, -0.2) is 30.8 Å². The third-order valence-corrected chi connectivity index (χ3v) is 3.22. The van der Waals surface area contributed by atoms with Gasteiger partial charge in [-0.05, 0) is 13.3 Å². The van der Waals surface area contributed by atoms with Gasteiger partial charge in [-0.15, -0.1) is 0 Å². The Balaban J connectivity index is 4.71. The van der Waals surface area contributed by atoms with Crippen LogP contribution in [0.5, 0.6) is 0 Å². The summed E-state index contributed by atoms with van der Waals surface area (Å²) in [5.41, 5.74) is 0.245. The molecule has 0 aliphatic rings. The summed E-state index contributed by atoms with van der Waals surface area (Å²) in [7, 11) is -3.12. The number of sulfone groups is 1. The van der Waals surface area contributed by atoms with Crippen molar-refractivity contribution in [3.8, 4) is 0 Å². The minimum absolute atomic E-state index is 0.245. The van der Waals surface area contributed by atoms with E-state index in [1.54, 1.807) is 6.92 Å². The fraction of sp³-hybridized carbons (Fsp3) is 0.833. The maximum atomic E-state index is 11.0. The average molecular weight is 179 g/mol. The number of oxime groups is 1. The van der Waals surface area contributed by atoms with Crippen LogP contribution >= 0.6 is 0 Å². The van der Waals surface area contributed by atoms with Gasteiger partial charge in [-0.1, -0.05) is 12.1 Å². The van der Waals surface area contributed by atoms with E-state index < -0.39 is 15.1 Å². The highest BCUT2D eigenvalue weighted by molar-refractivity contribution is 7.92. The largest absolute Gasteiger partial charge is 0.411 e. The summed E-state index contributed by atoms with van der Waals surface area (Å²) in [6, 6.07) is 0. The quantitative estimate of drug-likeness (QED) is 0.393. The van der Waals surface area contributed by atoms with Crippen molar-refractivity contribution in [2.45, 2.75) is 25.5 Å². The lowest BCUT2D eigenvalue weighted by atomic mass is 10.2. The van der Waals surface area contributed by atoms with Gasteiger partial charge in [-0.3, -0.25) is 0 Å². The third kappa shape index (κ3) is 2.88. The molecule has 0 aromatic heterocycles. The standard InChI is InChI=1S/C6H13NO3S/c1-4-6(5(2)7-8)11(3,9)10/h6,8H,4H2,1-3H3/b7-5-/t6-/m1/s1. The molecule has 0 aromatic carbocycles. The molecule has 0 spiro atoms. The summed E-state index contributed by atoms with van der Waals surface area (Å²) < 4.78 is 21.9. The fourth-order valence-corrected chi connectivity index (χ4v) is 2.24. The second kappa shape index (κ2) is 3.71. The Kier molecular flexibility index (Phi) is 3.51. The van der Waals surface area contributed by atoms with Crippen molar-refractivity contribution in [3.63, 3.8) is 0 Å². The average Bonchev–Trinajstić information content (AvgIpc) is 1.86. The Labute approximate surface area is 66.8 Å². The van der Waals surface area contributed by atoms with Crippen LogP contribution in [0.4, 0.5) is 0 Å². The summed E-state index contributed by atoms with van der Waals surface area (Å²) in [5, 5.41) is 10.5. The Morgan fingerprint density at radius 3 is 2.18 bits per heavy atom. The van der Waals surface area contributed by atoms with E-state index in [-0.39, 0.29) is 5.71 Å². The Bertz CT molecular complexity index is 243. The molecule has 0 radical (unpaired) electrons. The molecule has 0 saturated carbocycles. The molecule has 5 heteroatoms. The second-order valence-electron chi connectivity index (χ2n) is 2.47. The predicted octanol–water partition coefficient (Wildman–Crippen LogP) is 0.660. The molecule has 4 nitrogen and oxygen atoms in total. The fourth-order valence-electron chi connectivity index (χ4n) is 0.972. The van der Waals surface area contributed by atoms with Crippen molar-refractivity contribution < 1.29 is 13.6 Å². The van der Waals surface area contributed by atoms with E-state index in [9.17, 15) is 8.42 Å². The van der Waals surface area contributed by atoms with Gasteiger partial charge in [0.2, 0.25) is 0 Å². The van der Waals surface area contributed by atoms with Crippen LogP contribution in [0.2, 0.25) is 0 Å². The molecule has 66 valence electrons. The van der Waals surface area contributed by atoms with Gasteiger partial charge >= 0.3 is 0 Å². The summed E-state index contributed by atoms with van der Waals surface area (Å²) >= 11 is 0. The Hall–Kier alpha value is -0.580. The maximum Gasteiger partial charge on any atom is 0.155 e. The van der Waals surface area contributed by atoms with E-state index >= 15 is 0 Å². The van der Waals surface area contributed by atoms with Gasteiger partial charge in [-0.2, -0.15) is 0 Å². The minimum atomic E-state index is -3.12. The summed E-state index contributed by atoms with van der Waals surface area (Å²) in [5.74, 6) is 0. The SMILES string of the molecule is CC[C@H](/C(C)=N\O)S(C)(=O)=O. The smallest absolute Gasteiger partial charge is 0.155 e. The van der Waals surface area contributed by atoms with Crippen molar-refractivity contribution in [1.29, 1.82) is 0 Å². The van der Waals surface area contributed by atoms with Crippen molar-refractivity contribution in [3.05, 3.63) is 0 Å². The van der Waals surface area contributed by atoms with E-state index in [2.05, 4.69) is 5.16 Å². The lowest BCUT2D eigenvalue weighted by molar-refractivity contribution is 0.317. The summed E-state index contributed by atoms with van der Waals surface area (Å²) in [6.07, 6.45) is 1.57. The summed E-state index contributed by atoms with van der Waals surface area (Å²) in [4.78, 5) is 0. The molecule has 11 heavy (non-hydrogen) atoms. The Morgan fingerprint density at radius 2 is 2.09 bits per heavy atom. The first-order valence-corrected chi connectivity index (χ1v) is 5.26. The molecule has 0 aromatic rings. The van der Waals surface area contributed by atoms with Crippen molar-refractivity contribution >= 4 is 15.5 Å². The topological polar surface area (TPSA) is 66.7 Å². The van der Waals surface area contributed by atoms with Crippen LogP contribution in [-0.2, 0) is 9.84 Å². The zero-order valence-electron chi connectivity index (χ0n) is 6.90. The number of hydrogen-bond acceptors (Lipinski definition) is 4. The first-order valence-electron chi connectivity index (χ1n) is 3.30. The number of rotatable bonds is 3. The zero-order chi connectivity index (χ0) is 9.07. The lowest BCUT2D eigenvalue weighted by Crippen LogP contribution is -2.26. The van der Waals surface area contributed by atoms with E-state index in [1.807, 2.05) is 0 Å². The van der Waals surface area contributed by atoms with E-state index in [0.717, 1.165) is 6.26 Å². The molecule has 0 heterocycles. The first kappa shape index (κ1) is 10.4. The maximum absolute atomic E-state index is 11.0. The molecule has 0 saturated heterocycles. The number of hydrogen-bond donors (Lipinski definition) is 1. The Morgan fingerprint density at radius 1 is 1.64 bits per heavy atom. The molecule has 0 aliphatic carbocycles. The van der Waals surface area contributed by atoms with Crippen LogP contribution in [0.3, 0.4) is 0 Å². The summed E-state index contributed by atoms with van der Waals surface area (Å²) in [6.45, 7) is 3.23. The van der Waals surface area contributed by atoms with E-state index in [4.69, 9.17) is 5.21 Å². The normalized spacial score (nSPS) is 16.5. The van der Waals surface area contributed by atoms with Crippen LogP contribution in [0.1, 0.15) is 20.3 Å². The molecular weight excluding hydrogens is 166 g/mol. The number of nitrogens with zero attached hydrogens (tertiary/aromatic N) is 1. The van der Waals surface area contributed by atoms with Gasteiger partial charge < -0.3 is 5.21 Å². The van der Waals surface area contributed by atoms with Crippen LogP contribution < -0.4 is 0 Å². The third-order valence-electron chi connectivity index (χ3n) is 1.51. The van der Waals surface area contributed by atoms with Gasteiger partial charge in [0.05, 0.1) is 5.71 Å². The van der Waals surface area contributed by atoms with Gasteiger partial charge in [0.25, 0.3) is 0 Å². The van der Waals surface area contributed by atoms with Gasteiger partial charge in [0, 0.05) is 6.26 Å². The molecule has 0 aliphatic heterocycles. The zero-order valence-corrected chi connectivity index (χ0v) is 7.72. The van der Waals surface area contributed by atoms with Crippen molar-refractivity contribution in [2.75, 3.05) is 6.26 Å². The van der Waals surface area contributed by atoms with Gasteiger partial charge in [-0.25, -0.2) is 8.42 Å². The van der Waals surface area contributed by atoms with E-state index in [0.29, 0.717) is 6.42 Å². The first-order chi connectivity index (χ1) is 4.93. The van der Waals surface area contributed by atoms with E-state index in [1.165, 1.54) is 6.92 Å². The van der Waals surface area contributed by atoms with Crippen molar-refractivity contribution in [2.24, 2.45) is 5.16 Å². The molecular formula is C6H13NO3S. The van der Waals surface area contributed by atoms with Gasteiger partial charge in [0.1, 0.15) is 5.25 Å². The molecule has 1 atom stereocenters. The molecule has 0 fully saturated rings. The lowest BCUT2D eigenvalue weighted by Gasteiger charge is -2.09. The van der Waals surface area contributed by atoms with Crippen LogP contribution in [0.25, 0.3) is 0 Å². The van der Waals surface area contributed by atoms with Gasteiger partial charge in [0.15, 0.2) is 9.84 Å².